The third-order valence-electron chi connectivity index (χ3n) is 3.16. The Kier molecular flexibility index (Phi) is 4.86. The molecule has 1 heterocycles. The normalized spacial score (nSPS) is 14.5. The predicted molar refractivity (Wildman–Crippen MR) is 76.4 cm³/mol. The minimum absolute atomic E-state index is 0.00997. The molecule has 0 radical (unpaired) electrons. The van der Waals surface area contributed by atoms with Crippen molar-refractivity contribution >= 4 is 17.5 Å². The fourth-order valence-corrected chi connectivity index (χ4v) is 2.29. The second kappa shape index (κ2) is 6.62. The molecule has 1 aliphatic heterocycles. The average molecular weight is 280 g/mol. The number of carbonyl (C=O) groups is 1. The van der Waals surface area contributed by atoms with Gasteiger partial charge in [-0.3, -0.25) is 4.79 Å². The molecular formula is C15H18ClNO2. The Bertz CT molecular complexity index is 485. The lowest BCUT2D eigenvalue weighted by Crippen LogP contribution is -2.30. The highest BCUT2D eigenvalue weighted by Crippen LogP contribution is 2.27. The number of hydrogen-bond donors (Lipinski definition) is 0. The van der Waals surface area contributed by atoms with Crippen molar-refractivity contribution in [2.24, 2.45) is 0 Å². The van der Waals surface area contributed by atoms with Crippen LogP contribution in [0.1, 0.15) is 36.5 Å². The van der Waals surface area contributed by atoms with E-state index in [0.717, 1.165) is 25.0 Å². The van der Waals surface area contributed by atoms with Crippen molar-refractivity contribution in [1.82, 2.24) is 4.90 Å². The molecule has 0 fully saturated rings. The van der Waals surface area contributed by atoms with Gasteiger partial charge >= 0.3 is 0 Å². The summed E-state index contributed by atoms with van der Waals surface area (Å²) in [4.78, 5) is 14.4. The van der Waals surface area contributed by atoms with Crippen LogP contribution in [0.2, 0.25) is 0 Å². The topological polar surface area (TPSA) is 29.5 Å². The summed E-state index contributed by atoms with van der Waals surface area (Å²) in [6.45, 7) is 2.70. The van der Waals surface area contributed by atoms with Gasteiger partial charge in [0, 0.05) is 12.4 Å². The van der Waals surface area contributed by atoms with Gasteiger partial charge in [0.1, 0.15) is 12.0 Å². The highest BCUT2D eigenvalue weighted by atomic mass is 35.5. The third-order valence-corrected chi connectivity index (χ3v) is 3.43. The Morgan fingerprint density at radius 1 is 1.26 bits per heavy atom. The van der Waals surface area contributed by atoms with Crippen molar-refractivity contribution in [3.63, 3.8) is 0 Å². The molecule has 3 nitrogen and oxygen atoms in total. The molecule has 102 valence electrons. The van der Waals surface area contributed by atoms with E-state index < -0.39 is 0 Å². The van der Waals surface area contributed by atoms with Crippen molar-refractivity contribution in [2.45, 2.75) is 26.2 Å². The summed E-state index contributed by atoms with van der Waals surface area (Å²) >= 11 is 5.70. The molecule has 0 saturated carbocycles. The van der Waals surface area contributed by atoms with Gasteiger partial charge in [-0.1, -0.05) is 19.1 Å². The van der Waals surface area contributed by atoms with Gasteiger partial charge in [-0.15, -0.1) is 11.6 Å². The third kappa shape index (κ3) is 3.10. The Morgan fingerprint density at radius 2 is 2.05 bits per heavy atom. The predicted octanol–water partition coefficient (Wildman–Crippen LogP) is 3.79. The Balaban J connectivity index is 2.26. The monoisotopic (exact) mass is 279 g/mol. The van der Waals surface area contributed by atoms with E-state index in [1.54, 1.807) is 17.2 Å². The van der Waals surface area contributed by atoms with Gasteiger partial charge < -0.3 is 9.64 Å². The molecule has 19 heavy (non-hydrogen) atoms. The van der Waals surface area contributed by atoms with Gasteiger partial charge in [-0.25, -0.2) is 0 Å². The summed E-state index contributed by atoms with van der Waals surface area (Å²) < 4.78 is 5.61. The number of halogens is 1. The molecule has 4 heteroatoms. The van der Waals surface area contributed by atoms with Gasteiger partial charge in [0.2, 0.25) is 0 Å². The summed E-state index contributed by atoms with van der Waals surface area (Å²) in [7, 11) is 0. The Morgan fingerprint density at radius 3 is 2.79 bits per heavy atom. The lowest BCUT2D eigenvalue weighted by atomic mass is 10.1. The molecule has 1 aromatic carbocycles. The molecule has 2 rings (SSSR count). The summed E-state index contributed by atoms with van der Waals surface area (Å²) in [5.41, 5.74) is 1.53. The molecule has 0 atom stereocenters. The maximum atomic E-state index is 12.6. The molecule has 0 saturated heterocycles. The zero-order valence-electron chi connectivity index (χ0n) is 11.1. The van der Waals surface area contributed by atoms with E-state index in [1.807, 2.05) is 25.1 Å². The highest BCUT2D eigenvalue weighted by Gasteiger charge is 2.24. The first-order valence-electron chi connectivity index (χ1n) is 6.60. The minimum atomic E-state index is 0.00997. The number of benzene rings is 1. The van der Waals surface area contributed by atoms with Crippen molar-refractivity contribution in [3.05, 3.63) is 41.8 Å². The van der Waals surface area contributed by atoms with Gasteiger partial charge in [-0.2, -0.15) is 0 Å². The summed E-state index contributed by atoms with van der Waals surface area (Å²) in [6.07, 6.45) is 4.25. The van der Waals surface area contributed by atoms with Crippen LogP contribution in [-0.2, 0) is 0 Å². The van der Waals surface area contributed by atoms with E-state index in [1.165, 1.54) is 0 Å². The van der Waals surface area contributed by atoms with Crippen molar-refractivity contribution in [2.75, 3.05) is 12.4 Å². The number of carbonyl (C=O) groups excluding carboxylic acids is 1. The maximum Gasteiger partial charge on any atom is 0.261 e. The highest BCUT2D eigenvalue weighted by molar-refractivity contribution is 6.17. The fraction of sp³-hybridized carbons (Fsp3) is 0.400. The number of fused-ring (bicyclic) bond motifs is 1. The second-order valence-electron chi connectivity index (χ2n) is 4.43. The van der Waals surface area contributed by atoms with Crippen LogP contribution in [0.4, 0.5) is 0 Å². The summed E-state index contributed by atoms with van der Waals surface area (Å²) in [5.74, 6) is 1.26. The molecule has 1 amide bonds. The molecule has 0 N–H and O–H groups in total. The fourth-order valence-electron chi connectivity index (χ4n) is 2.10. The van der Waals surface area contributed by atoms with Crippen LogP contribution >= 0.6 is 11.6 Å². The number of para-hydroxylation sites is 1. The first kappa shape index (κ1) is 13.9. The number of unbranched alkanes of at least 4 members (excludes halogenated alkanes) is 1. The van der Waals surface area contributed by atoms with E-state index in [9.17, 15) is 4.79 Å². The van der Waals surface area contributed by atoms with Gasteiger partial charge in [-0.05, 0) is 31.4 Å². The second-order valence-corrected chi connectivity index (χ2v) is 4.81. The van der Waals surface area contributed by atoms with Gasteiger partial charge in [0.05, 0.1) is 11.3 Å². The van der Waals surface area contributed by atoms with Crippen LogP contribution in [0.15, 0.2) is 36.2 Å². The maximum absolute atomic E-state index is 12.6. The van der Waals surface area contributed by atoms with Crippen molar-refractivity contribution in [1.29, 1.82) is 0 Å². The first-order valence-corrected chi connectivity index (χ1v) is 7.14. The SMILES string of the molecule is CCC1=COc2ccccc2C(=O)N1CCCCCl. The number of hydrogen-bond acceptors (Lipinski definition) is 2. The summed E-state index contributed by atoms with van der Waals surface area (Å²) in [6, 6.07) is 7.35. The van der Waals surface area contributed by atoms with Crippen LogP contribution in [0.3, 0.4) is 0 Å². The lowest BCUT2D eigenvalue weighted by Gasteiger charge is -2.22. The quantitative estimate of drug-likeness (QED) is 0.606. The number of alkyl halides is 1. The van der Waals surface area contributed by atoms with Crippen LogP contribution in [0.25, 0.3) is 0 Å². The zero-order valence-corrected chi connectivity index (χ0v) is 11.8. The number of ether oxygens (including phenoxy) is 1. The van der Waals surface area contributed by atoms with E-state index >= 15 is 0 Å². The lowest BCUT2D eigenvalue weighted by molar-refractivity contribution is 0.0802. The number of nitrogens with zero attached hydrogens (tertiary/aromatic N) is 1. The molecule has 0 spiro atoms. The van der Waals surface area contributed by atoms with Crippen LogP contribution < -0.4 is 4.74 Å². The molecule has 0 unspecified atom stereocenters. The number of amides is 1. The molecule has 0 aliphatic carbocycles. The van der Waals surface area contributed by atoms with Gasteiger partial charge in [0.15, 0.2) is 0 Å². The molecule has 0 bridgehead atoms. The van der Waals surface area contributed by atoms with Gasteiger partial charge in [0.25, 0.3) is 5.91 Å². The molecule has 0 aromatic heterocycles. The number of allylic oxidation sites excluding steroid dienone is 1. The average Bonchev–Trinajstić information content (AvgIpc) is 2.58. The first-order chi connectivity index (χ1) is 9.27. The van der Waals surface area contributed by atoms with Crippen LogP contribution in [0, 0.1) is 0 Å². The molecular weight excluding hydrogens is 262 g/mol. The Hall–Kier alpha value is -1.48. The smallest absolute Gasteiger partial charge is 0.261 e. The Labute approximate surface area is 118 Å². The minimum Gasteiger partial charge on any atom is -0.462 e. The van der Waals surface area contributed by atoms with Crippen molar-refractivity contribution < 1.29 is 9.53 Å². The van der Waals surface area contributed by atoms with E-state index in [2.05, 4.69) is 0 Å². The zero-order chi connectivity index (χ0) is 13.7. The van der Waals surface area contributed by atoms with Crippen LogP contribution in [-0.4, -0.2) is 23.2 Å². The van der Waals surface area contributed by atoms with Crippen molar-refractivity contribution in [3.8, 4) is 5.75 Å². The largest absolute Gasteiger partial charge is 0.462 e. The standard InChI is InChI=1S/C15H18ClNO2/c1-2-12-11-19-14-8-4-3-7-13(14)15(18)17(12)10-6-5-9-16/h3-4,7-8,11H,2,5-6,9-10H2,1H3. The number of rotatable bonds is 5. The summed E-state index contributed by atoms with van der Waals surface area (Å²) in [5, 5.41) is 0. The van der Waals surface area contributed by atoms with E-state index in [-0.39, 0.29) is 5.91 Å². The van der Waals surface area contributed by atoms with E-state index in [4.69, 9.17) is 16.3 Å². The molecule has 1 aromatic rings. The van der Waals surface area contributed by atoms with Crippen LogP contribution in [0.5, 0.6) is 5.75 Å². The molecule has 1 aliphatic rings. The van der Waals surface area contributed by atoms with E-state index in [0.29, 0.717) is 23.7 Å².